The summed E-state index contributed by atoms with van der Waals surface area (Å²) in [6.45, 7) is 0. The van der Waals surface area contributed by atoms with E-state index in [2.05, 4.69) is 10.6 Å². The Balaban J connectivity index is 1.55. The smallest absolute Gasteiger partial charge is 0.255 e. The Labute approximate surface area is 179 Å². The van der Waals surface area contributed by atoms with Gasteiger partial charge in [-0.2, -0.15) is 0 Å². The quantitative estimate of drug-likeness (QED) is 0.515. The Morgan fingerprint density at radius 1 is 0.800 bits per heavy atom. The number of anilines is 2. The molecule has 2 amide bonds. The molecule has 3 aromatic rings. The third-order valence-electron chi connectivity index (χ3n) is 4.17. The summed E-state index contributed by atoms with van der Waals surface area (Å²) in [7, 11) is 3.15. The van der Waals surface area contributed by atoms with Crippen molar-refractivity contribution >= 4 is 35.0 Å². The lowest BCUT2D eigenvalue weighted by atomic mass is 10.2. The second-order valence-corrected chi connectivity index (χ2v) is 7.33. The number of rotatable bonds is 8. The van der Waals surface area contributed by atoms with Gasteiger partial charge < -0.3 is 20.1 Å². The molecule has 0 fully saturated rings. The number of hydrogen-bond donors (Lipinski definition) is 2. The summed E-state index contributed by atoms with van der Waals surface area (Å²) in [5, 5.41) is 5.71. The first kappa shape index (κ1) is 21.3. The van der Waals surface area contributed by atoms with Gasteiger partial charge in [0.05, 0.1) is 20.0 Å². The van der Waals surface area contributed by atoms with Crippen LogP contribution in [-0.2, 0) is 4.79 Å². The van der Waals surface area contributed by atoms with Gasteiger partial charge in [0.25, 0.3) is 5.91 Å². The number of amides is 2. The van der Waals surface area contributed by atoms with Crippen molar-refractivity contribution in [3.05, 3.63) is 78.4 Å². The van der Waals surface area contributed by atoms with Gasteiger partial charge in [0, 0.05) is 21.8 Å². The number of carbonyl (C=O) groups is 2. The second kappa shape index (κ2) is 10.4. The van der Waals surface area contributed by atoms with E-state index in [0.29, 0.717) is 22.7 Å². The zero-order valence-electron chi connectivity index (χ0n) is 16.7. The van der Waals surface area contributed by atoms with Crippen LogP contribution in [0.5, 0.6) is 11.5 Å². The molecule has 0 radical (unpaired) electrons. The van der Waals surface area contributed by atoms with Crippen molar-refractivity contribution in [2.45, 2.75) is 4.90 Å². The maximum absolute atomic E-state index is 12.5. The van der Waals surface area contributed by atoms with Crippen LogP contribution in [0, 0.1) is 0 Å². The summed E-state index contributed by atoms with van der Waals surface area (Å²) in [4.78, 5) is 25.5. The highest BCUT2D eigenvalue weighted by atomic mass is 32.2. The molecule has 0 saturated carbocycles. The number of carbonyl (C=O) groups excluding carboxylic acids is 2. The van der Waals surface area contributed by atoms with Crippen molar-refractivity contribution < 1.29 is 19.1 Å². The molecule has 0 heterocycles. The topological polar surface area (TPSA) is 76.7 Å². The van der Waals surface area contributed by atoms with Crippen LogP contribution in [0.2, 0.25) is 0 Å². The summed E-state index contributed by atoms with van der Waals surface area (Å²) >= 11 is 1.39. The molecule has 0 aliphatic rings. The van der Waals surface area contributed by atoms with Gasteiger partial charge in [-0.05, 0) is 60.7 Å². The average molecular weight is 423 g/mol. The summed E-state index contributed by atoms with van der Waals surface area (Å²) in [6, 6.07) is 21.5. The third kappa shape index (κ3) is 6.02. The van der Waals surface area contributed by atoms with Gasteiger partial charge in [0.2, 0.25) is 5.91 Å². The predicted molar refractivity (Wildman–Crippen MR) is 120 cm³/mol. The van der Waals surface area contributed by atoms with E-state index in [4.69, 9.17) is 9.47 Å². The standard InChI is InChI=1S/C23H22N2O4S/c1-28-19-11-9-17(10-12-19)24-22(26)15-30-21-8-4-6-18(14-21)25-23(27)16-5-3-7-20(13-16)29-2/h3-14H,15H2,1-2H3,(H,24,26)(H,25,27). The highest BCUT2D eigenvalue weighted by Crippen LogP contribution is 2.23. The number of ether oxygens (including phenoxy) is 2. The van der Waals surface area contributed by atoms with Gasteiger partial charge >= 0.3 is 0 Å². The predicted octanol–water partition coefficient (Wildman–Crippen LogP) is 4.69. The molecule has 0 spiro atoms. The first-order valence-corrected chi connectivity index (χ1v) is 10.2. The molecule has 7 heteroatoms. The van der Waals surface area contributed by atoms with Gasteiger partial charge in [-0.25, -0.2) is 0 Å². The van der Waals surface area contributed by atoms with E-state index in [1.165, 1.54) is 11.8 Å². The highest BCUT2D eigenvalue weighted by molar-refractivity contribution is 8.00. The van der Waals surface area contributed by atoms with E-state index >= 15 is 0 Å². The van der Waals surface area contributed by atoms with Gasteiger partial charge in [0.15, 0.2) is 0 Å². The molecule has 6 nitrogen and oxygen atoms in total. The first-order valence-electron chi connectivity index (χ1n) is 9.19. The van der Waals surface area contributed by atoms with E-state index in [0.717, 1.165) is 10.6 Å². The first-order chi connectivity index (χ1) is 14.6. The Hall–Kier alpha value is -3.45. The summed E-state index contributed by atoms with van der Waals surface area (Å²) in [6.07, 6.45) is 0. The molecule has 0 atom stereocenters. The Bertz CT molecular complexity index is 1020. The lowest BCUT2D eigenvalue weighted by molar-refractivity contribution is -0.113. The summed E-state index contributed by atoms with van der Waals surface area (Å²) in [5.74, 6) is 1.26. The van der Waals surface area contributed by atoms with E-state index in [1.807, 2.05) is 18.2 Å². The molecular weight excluding hydrogens is 400 g/mol. The molecule has 3 rings (SSSR count). The Morgan fingerprint density at radius 2 is 1.53 bits per heavy atom. The Kier molecular flexibility index (Phi) is 7.34. The van der Waals surface area contributed by atoms with Crippen molar-refractivity contribution in [1.29, 1.82) is 0 Å². The zero-order valence-corrected chi connectivity index (χ0v) is 17.5. The molecule has 0 unspecified atom stereocenters. The van der Waals surface area contributed by atoms with Gasteiger partial charge in [-0.15, -0.1) is 11.8 Å². The van der Waals surface area contributed by atoms with E-state index < -0.39 is 0 Å². The third-order valence-corrected chi connectivity index (χ3v) is 5.16. The maximum atomic E-state index is 12.5. The van der Waals surface area contributed by atoms with Crippen molar-refractivity contribution in [2.75, 3.05) is 30.6 Å². The summed E-state index contributed by atoms with van der Waals surface area (Å²) < 4.78 is 10.3. The van der Waals surface area contributed by atoms with Crippen LogP contribution in [0.4, 0.5) is 11.4 Å². The fraction of sp³-hybridized carbons (Fsp3) is 0.130. The SMILES string of the molecule is COc1ccc(NC(=O)CSc2cccc(NC(=O)c3cccc(OC)c3)c2)cc1. The molecule has 3 aromatic carbocycles. The van der Waals surface area contributed by atoms with Crippen LogP contribution in [0.15, 0.2) is 77.7 Å². The molecule has 0 aromatic heterocycles. The van der Waals surface area contributed by atoms with Crippen LogP contribution >= 0.6 is 11.8 Å². The minimum Gasteiger partial charge on any atom is -0.497 e. The lowest BCUT2D eigenvalue weighted by Crippen LogP contribution is -2.14. The maximum Gasteiger partial charge on any atom is 0.255 e. The second-order valence-electron chi connectivity index (χ2n) is 6.28. The number of nitrogens with one attached hydrogen (secondary N) is 2. The van der Waals surface area contributed by atoms with Crippen LogP contribution in [0.25, 0.3) is 0 Å². The molecule has 30 heavy (non-hydrogen) atoms. The normalized spacial score (nSPS) is 10.2. The number of benzene rings is 3. The van der Waals surface area contributed by atoms with Crippen molar-refractivity contribution in [1.82, 2.24) is 0 Å². The van der Waals surface area contributed by atoms with Crippen LogP contribution in [-0.4, -0.2) is 31.8 Å². The molecule has 0 aliphatic carbocycles. The number of thioether (sulfide) groups is 1. The molecule has 0 aliphatic heterocycles. The average Bonchev–Trinajstić information content (AvgIpc) is 2.78. The minimum atomic E-state index is -0.228. The van der Waals surface area contributed by atoms with E-state index in [9.17, 15) is 9.59 Å². The van der Waals surface area contributed by atoms with Gasteiger partial charge in [0.1, 0.15) is 11.5 Å². The van der Waals surface area contributed by atoms with Crippen LogP contribution < -0.4 is 20.1 Å². The molecule has 154 valence electrons. The largest absolute Gasteiger partial charge is 0.497 e. The highest BCUT2D eigenvalue weighted by Gasteiger charge is 2.09. The number of hydrogen-bond acceptors (Lipinski definition) is 5. The minimum absolute atomic E-state index is 0.115. The molecular formula is C23H22N2O4S. The van der Waals surface area contributed by atoms with Crippen LogP contribution in [0.3, 0.4) is 0 Å². The fourth-order valence-electron chi connectivity index (χ4n) is 2.65. The van der Waals surface area contributed by atoms with Crippen LogP contribution in [0.1, 0.15) is 10.4 Å². The summed E-state index contributed by atoms with van der Waals surface area (Å²) in [5.41, 5.74) is 1.87. The van der Waals surface area contributed by atoms with Gasteiger partial charge in [-0.1, -0.05) is 12.1 Å². The van der Waals surface area contributed by atoms with Crippen molar-refractivity contribution in [2.24, 2.45) is 0 Å². The van der Waals surface area contributed by atoms with Gasteiger partial charge in [-0.3, -0.25) is 9.59 Å². The van der Waals surface area contributed by atoms with Crippen molar-refractivity contribution in [3.8, 4) is 11.5 Å². The Morgan fingerprint density at radius 3 is 2.27 bits per heavy atom. The lowest BCUT2D eigenvalue weighted by Gasteiger charge is -2.09. The monoisotopic (exact) mass is 422 g/mol. The zero-order chi connectivity index (χ0) is 21.3. The molecule has 0 saturated heterocycles. The fourth-order valence-corrected chi connectivity index (χ4v) is 3.41. The van der Waals surface area contributed by atoms with E-state index in [1.54, 1.807) is 68.8 Å². The molecule has 0 bridgehead atoms. The van der Waals surface area contributed by atoms with E-state index in [-0.39, 0.29) is 17.6 Å². The van der Waals surface area contributed by atoms with Crippen molar-refractivity contribution in [3.63, 3.8) is 0 Å². The number of methoxy groups -OCH3 is 2. The molecule has 2 N–H and O–H groups in total.